The van der Waals surface area contributed by atoms with E-state index in [0.29, 0.717) is 12.1 Å². The topological polar surface area (TPSA) is 70.6 Å². The van der Waals surface area contributed by atoms with E-state index in [9.17, 15) is 23.1 Å². The van der Waals surface area contributed by atoms with Gasteiger partial charge in [0.1, 0.15) is 5.75 Å². The zero-order valence-corrected chi connectivity index (χ0v) is 12.3. The summed E-state index contributed by atoms with van der Waals surface area (Å²) in [5.41, 5.74) is -0.340. The van der Waals surface area contributed by atoms with Crippen LogP contribution in [0, 0.1) is 0 Å². The second-order valence-electron chi connectivity index (χ2n) is 5.08. The lowest BCUT2D eigenvalue weighted by Crippen LogP contribution is -2.50. The Kier molecular flexibility index (Phi) is 6.04. The SMILES string of the molecule is CCC(C)(CO)NC(=O)Nc1ccc(OCC(F)(F)F)cc1. The van der Waals surface area contributed by atoms with Gasteiger partial charge in [0.05, 0.1) is 12.1 Å². The summed E-state index contributed by atoms with van der Waals surface area (Å²) in [6.07, 6.45) is -3.85. The van der Waals surface area contributed by atoms with Gasteiger partial charge in [-0.25, -0.2) is 4.79 Å². The van der Waals surface area contributed by atoms with Crippen LogP contribution in [0.2, 0.25) is 0 Å². The third-order valence-electron chi connectivity index (χ3n) is 3.06. The van der Waals surface area contributed by atoms with Crippen molar-refractivity contribution >= 4 is 11.7 Å². The maximum Gasteiger partial charge on any atom is 0.422 e. The van der Waals surface area contributed by atoms with Crippen molar-refractivity contribution < 1.29 is 27.8 Å². The minimum atomic E-state index is -4.40. The van der Waals surface area contributed by atoms with Crippen LogP contribution in [0.3, 0.4) is 0 Å². The number of nitrogens with one attached hydrogen (secondary N) is 2. The normalized spacial score (nSPS) is 14.1. The second-order valence-corrected chi connectivity index (χ2v) is 5.08. The van der Waals surface area contributed by atoms with Crippen molar-refractivity contribution in [1.82, 2.24) is 5.32 Å². The maximum absolute atomic E-state index is 12.0. The molecular formula is C14H19F3N2O3. The molecular weight excluding hydrogens is 301 g/mol. The van der Waals surface area contributed by atoms with Crippen molar-refractivity contribution in [1.29, 1.82) is 0 Å². The Hall–Kier alpha value is -1.96. The van der Waals surface area contributed by atoms with Crippen LogP contribution in [0.15, 0.2) is 24.3 Å². The number of alkyl halides is 3. The minimum Gasteiger partial charge on any atom is -0.484 e. The molecule has 0 heterocycles. The van der Waals surface area contributed by atoms with Gasteiger partial charge in [-0.05, 0) is 37.6 Å². The molecule has 1 aromatic carbocycles. The molecule has 0 bridgehead atoms. The Morgan fingerprint density at radius 1 is 1.27 bits per heavy atom. The number of halogens is 3. The number of urea groups is 1. The summed E-state index contributed by atoms with van der Waals surface area (Å²) in [6.45, 7) is 1.94. The van der Waals surface area contributed by atoms with Crippen LogP contribution >= 0.6 is 0 Å². The van der Waals surface area contributed by atoms with Gasteiger partial charge in [0, 0.05) is 5.69 Å². The summed E-state index contributed by atoms with van der Waals surface area (Å²) in [5.74, 6) is 0.0528. The molecule has 8 heteroatoms. The molecule has 5 nitrogen and oxygen atoms in total. The summed E-state index contributed by atoms with van der Waals surface area (Å²) in [5, 5.41) is 14.4. The molecule has 0 saturated carbocycles. The quantitative estimate of drug-likeness (QED) is 0.755. The molecule has 22 heavy (non-hydrogen) atoms. The van der Waals surface area contributed by atoms with Gasteiger partial charge < -0.3 is 20.5 Å². The zero-order chi connectivity index (χ0) is 16.8. The Labute approximate surface area is 126 Å². The molecule has 0 saturated heterocycles. The smallest absolute Gasteiger partial charge is 0.422 e. The van der Waals surface area contributed by atoms with E-state index in [2.05, 4.69) is 15.4 Å². The van der Waals surface area contributed by atoms with Gasteiger partial charge in [0.25, 0.3) is 0 Å². The number of rotatable bonds is 6. The fourth-order valence-electron chi connectivity index (χ4n) is 1.48. The Morgan fingerprint density at radius 3 is 2.32 bits per heavy atom. The number of aliphatic hydroxyl groups is 1. The van der Waals surface area contributed by atoms with Crippen LogP contribution in [-0.4, -0.2) is 36.1 Å². The highest BCUT2D eigenvalue weighted by atomic mass is 19.4. The van der Waals surface area contributed by atoms with E-state index < -0.39 is 24.4 Å². The van der Waals surface area contributed by atoms with Gasteiger partial charge in [-0.3, -0.25) is 0 Å². The second kappa shape index (κ2) is 7.35. The van der Waals surface area contributed by atoms with E-state index in [1.165, 1.54) is 24.3 Å². The molecule has 124 valence electrons. The fraction of sp³-hybridized carbons (Fsp3) is 0.500. The van der Waals surface area contributed by atoms with Crippen LogP contribution in [0.1, 0.15) is 20.3 Å². The van der Waals surface area contributed by atoms with Crippen LogP contribution in [-0.2, 0) is 0 Å². The van der Waals surface area contributed by atoms with Crippen molar-refractivity contribution in [3.05, 3.63) is 24.3 Å². The average Bonchev–Trinajstić information content (AvgIpc) is 2.45. The highest BCUT2D eigenvalue weighted by molar-refractivity contribution is 5.89. The number of ether oxygens (including phenoxy) is 1. The van der Waals surface area contributed by atoms with Gasteiger partial charge >= 0.3 is 12.2 Å². The first-order valence-electron chi connectivity index (χ1n) is 6.67. The molecule has 1 aromatic rings. The monoisotopic (exact) mass is 320 g/mol. The van der Waals surface area contributed by atoms with Crippen LogP contribution in [0.4, 0.5) is 23.7 Å². The lowest BCUT2D eigenvalue weighted by molar-refractivity contribution is -0.153. The molecule has 0 aliphatic rings. The van der Waals surface area contributed by atoms with Crippen LogP contribution in [0.25, 0.3) is 0 Å². The standard InChI is InChI=1S/C14H19F3N2O3/c1-3-13(2,8-20)19-12(21)18-10-4-6-11(7-5-10)22-9-14(15,16)17/h4-7,20H,3,8-9H2,1-2H3,(H2,18,19,21). The number of aliphatic hydroxyl groups excluding tert-OH is 1. The fourth-order valence-corrected chi connectivity index (χ4v) is 1.48. The van der Waals surface area contributed by atoms with E-state index in [4.69, 9.17) is 0 Å². The molecule has 0 radical (unpaired) electrons. The molecule has 1 atom stereocenters. The highest BCUT2D eigenvalue weighted by Gasteiger charge is 2.28. The number of carbonyl (C=O) groups is 1. The lowest BCUT2D eigenvalue weighted by Gasteiger charge is -2.27. The molecule has 2 amide bonds. The van der Waals surface area contributed by atoms with Gasteiger partial charge in [-0.2, -0.15) is 13.2 Å². The number of amides is 2. The van der Waals surface area contributed by atoms with Crippen molar-refractivity contribution in [3.63, 3.8) is 0 Å². The number of carbonyl (C=O) groups excluding carboxylic acids is 1. The summed E-state index contributed by atoms with van der Waals surface area (Å²) >= 11 is 0. The van der Waals surface area contributed by atoms with E-state index in [1.54, 1.807) is 6.92 Å². The van der Waals surface area contributed by atoms with Crippen LogP contribution < -0.4 is 15.4 Å². The average molecular weight is 320 g/mol. The van der Waals surface area contributed by atoms with Gasteiger partial charge in [-0.15, -0.1) is 0 Å². The van der Waals surface area contributed by atoms with Gasteiger partial charge in [-0.1, -0.05) is 6.92 Å². The molecule has 0 fully saturated rings. The molecule has 0 aliphatic carbocycles. The maximum atomic E-state index is 12.0. The molecule has 1 rings (SSSR count). The van der Waals surface area contributed by atoms with Crippen molar-refractivity contribution in [2.24, 2.45) is 0 Å². The minimum absolute atomic E-state index is 0.0528. The zero-order valence-electron chi connectivity index (χ0n) is 12.3. The summed E-state index contributed by atoms with van der Waals surface area (Å²) in [7, 11) is 0. The Balaban J connectivity index is 2.55. The molecule has 0 aliphatic heterocycles. The highest BCUT2D eigenvalue weighted by Crippen LogP contribution is 2.20. The van der Waals surface area contributed by atoms with Gasteiger partial charge in [0.2, 0.25) is 0 Å². The molecule has 3 N–H and O–H groups in total. The molecule has 1 unspecified atom stereocenters. The van der Waals surface area contributed by atoms with Gasteiger partial charge in [0.15, 0.2) is 6.61 Å². The lowest BCUT2D eigenvalue weighted by atomic mass is 10.0. The first-order chi connectivity index (χ1) is 10.2. The van der Waals surface area contributed by atoms with Crippen molar-refractivity contribution in [2.45, 2.75) is 32.0 Å². The first-order valence-corrected chi connectivity index (χ1v) is 6.67. The van der Waals surface area contributed by atoms with Crippen LogP contribution in [0.5, 0.6) is 5.75 Å². The van der Waals surface area contributed by atoms with Crippen molar-refractivity contribution in [3.8, 4) is 5.75 Å². The number of hydrogen-bond donors (Lipinski definition) is 3. The van der Waals surface area contributed by atoms with E-state index in [1.807, 2.05) is 6.92 Å². The predicted octanol–water partition coefficient (Wildman–Crippen LogP) is 2.91. The van der Waals surface area contributed by atoms with E-state index in [-0.39, 0.29) is 12.4 Å². The largest absolute Gasteiger partial charge is 0.484 e. The summed E-state index contributed by atoms with van der Waals surface area (Å²) in [4.78, 5) is 11.8. The first kappa shape index (κ1) is 18.1. The Bertz CT molecular complexity index is 485. The van der Waals surface area contributed by atoms with E-state index in [0.717, 1.165) is 0 Å². The summed E-state index contributed by atoms with van der Waals surface area (Å²) < 4.78 is 40.6. The third-order valence-corrected chi connectivity index (χ3v) is 3.06. The molecule has 0 aromatic heterocycles. The molecule has 0 spiro atoms. The van der Waals surface area contributed by atoms with E-state index >= 15 is 0 Å². The van der Waals surface area contributed by atoms with Crippen molar-refractivity contribution in [2.75, 3.05) is 18.5 Å². The number of hydrogen-bond acceptors (Lipinski definition) is 3. The predicted molar refractivity (Wildman–Crippen MR) is 75.9 cm³/mol. The Morgan fingerprint density at radius 2 is 1.86 bits per heavy atom. The third kappa shape index (κ3) is 6.21. The number of benzene rings is 1. The number of anilines is 1. The summed E-state index contributed by atoms with van der Waals surface area (Å²) in [6, 6.07) is 4.99.